The van der Waals surface area contributed by atoms with E-state index in [1.807, 2.05) is 6.20 Å². The molecule has 0 amide bonds. The third-order valence-corrected chi connectivity index (χ3v) is 7.77. The van der Waals surface area contributed by atoms with E-state index in [1.54, 1.807) is 0 Å². The van der Waals surface area contributed by atoms with E-state index in [0.29, 0.717) is 11.8 Å². The van der Waals surface area contributed by atoms with Gasteiger partial charge in [0.25, 0.3) is 0 Å². The minimum atomic E-state index is 0.0718. The molecular formula is C26H37N3OS. The molecule has 168 valence electrons. The normalized spacial score (nSPS) is 23.4. The number of rotatable bonds is 7. The molecule has 0 unspecified atom stereocenters. The zero-order chi connectivity index (χ0) is 21.8. The molecule has 5 heteroatoms. The van der Waals surface area contributed by atoms with Crippen molar-refractivity contribution in [2.75, 3.05) is 13.1 Å². The maximum Gasteiger partial charge on any atom is 0.188 e. The Hall–Kier alpha value is -1.59. The Balaban J connectivity index is 1.22. The van der Waals surface area contributed by atoms with Crippen LogP contribution in [0.4, 0.5) is 0 Å². The summed E-state index contributed by atoms with van der Waals surface area (Å²) < 4.78 is 2.15. The molecular weight excluding hydrogens is 402 g/mol. The molecule has 0 spiro atoms. The largest absolute Gasteiger partial charge is 0.299 e. The van der Waals surface area contributed by atoms with E-state index in [-0.39, 0.29) is 11.0 Å². The van der Waals surface area contributed by atoms with Gasteiger partial charge in [-0.2, -0.15) is 5.10 Å². The van der Waals surface area contributed by atoms with Gasteiger partial charge < -0.3 is 0 Å². The third kappa shape index (κ3) is 6.01. The van der Waals surface area contributed by atoms with Crippen LogP contribution in [0.1, 0.15) is 80.9 Å². The molecule has 31 heavy (non-hydrogen) atoms. The van der Waals surface area contributed by atoms with Gasteiger partial charge in [0.05, 0.1) is 6.20 Å². The van der Waals surface area contributed by atoms with E-state index in [2.05, 4.69) is 71.6 Å². The number of carbonyl (C=O) groups excluding carboxylic acids is 1. The highest BCUT2D eigenvalue weighted by molar-refractivity contribution is 7.96. The van der Waals surface area contributed by atoms with Crippen LogP contribution in [-0.2, 0) is 17.9 Å². The van der Waals surface area contributed by atoms with Crippen LogP contribution in [0.25, 0.3) is 0 Å². The van der Waals surface area contributed by atoms with Crippen LogP contribution in [0.2, 0.25) is 0 Å². The number of nitrogens with zero attached hydrogens (tertiary/aromatic N) is 3. The summed E-state index contributed by atoms with van der Waals surface area (Å²) in [7, 11) is 0. The first kappa shape index (κ1) is 22.6. The van der Waals surface area contributed by atoms with Crippen molar-refractivity contribution in [2.24, 2.45) is 11.8 Å². The van der Waals surface area contributed by atoms with E-state index in [1.165, 1.54) is 42.6 Å². The molecule has 1 saturated heterocycles. The average molecular weight is 440 g/mol. The Morgan fingerprint density at radius 3 is 2.32 bits per heavy atom. The topological polar surface area (TPSA) is 38.1 Å². The molecule has 2 heterocycles. The van der Waals surface area contributed by atoms with Gasteiger partial charge in [-0.1, -0.05) is 38.1 Å². The molecule has 1 aromatic carbocycles. The number of hydrogen-bond donors (Lipinski definition) is 1. The van der Waals surface area contributed by atoms with Crippen molar-refractivity contribution in [1.82, 2.24) is 14.7 Å². The first-order chi connectivity index (χ1) is 15.0. The van der Waals surface area contributed by atoms with Gasteiger partial charge in [-0.05, 0) is 86.1 Å². The number of aromatic nitrogens is 2. The maximum absolute atomic E-state index is 11.5. The zero-order valence-corrected chi connectivity index (χ0v) is 19.9. The van der Waals surface area contributed by atoms with Crippen LogP contribution in [0.15, 0.2) is 36.7 Å². The van der Waals surface area contributed by atoms with Crippen molar-refractivity contribution in [3.8, 4) is 0 Å². The van der Waals surface area contributed by atoms with Crippen molar-refractivity contribution >= 4 is 17.7 Å². The van der Waals surface area contributed by atoms with Crippen LogP contribution in [-0.4, -0.2) is 32.9 Å². The molecule has 1 aliphatic heterocycles. The van der Waals surface area contributed by atoms with E-state index in [9.17, 15) is 4.79 Å². The molecule has 4 rings (SSSR count). The highest BCUT2D eigenvalue weighted by Crippen LogP contribution is 2.36. The smallest absolute Gasteiger partial charge is 0.188 e. The number of benzene rings is 1. The molecule has 2 fully saturated rings. The molecule has 1 aliphatic carbocycles. The lowest BCUT2D eigenvalue weighted by Crippen LogP contribution is -2.34. The number of likely N-dealkylation sites (tertiary alicyclic amines) is 1. The molecule has 0 atom stereocenters. The minimum absolute atomic E-state index is 0.0718. The van der Waals surface area contributed by atoms with Crippen LogP contribution in [0.3, 0.4) is 0 Å². The van der Waals surface area contributed by atoms with Crippen LogP contribution >= 0.6 is 12.6 Å². The van der Waals surface area contributed by atoms with Crippen molar-refractivity contribution in [3.63, 3.8) is 0 Å². The lowest BCUT2D eigenvalue weighted by atomic mass is 9.79. The Labute approximate surface area is 192 Å². The lowest BCUT2D eigenvalue weighted by Gasteiger charge is -2.32. The van der Waals surface area contributed by atoms with Gasteiger partial charge in [0.1, 0.15) is 0 Å². The minimum Gasteiger partial charge on any atom is -0.299 e. The van der Waals surface area contributed by atoms with Gasteiger partial charge in [0.15, 0.2) is 5.12 Å². The number of hydrogen-bond acceptors (Lipinski definition) is 3. The average Bonchev–Trinajstić information content (AvgIpc) is 3.25. The van der Waals surface area contributed by atoms with Crippen LogP contribution in [0, 0.1) is 11.8 Å². The Morgan fingerprint density at radius 1 is 1.06 bits per heavy atom. The second kappa shape index (κ2) is 10.4. The molecule has 2 aromatic rings. The van der Waals surface area contributed by atoms with Gasteiger partial charge in [-0.25, -0.2) is 0 Å². The first-order valence-electron chi connectivity index (χ1n) is 12.0. The molecule has 2 aliphatic rings. The predicted molar refractivity (Wildman–Crippen MR) is 129 cm³/mol. The molecule has 1 saturated carbocycles. The number of piperidine rings is 1. The van der Waals surface area contributed by atoms with E-state index < -0.39 is 0 Å². The summed E-state index contributed by atoms with van der Waals surface area (Å²) in [6, 6.07) is 9.27. The maximum atomic E-state index is 11.5. The lowest BCUT2D eigenvalue weighted by molar-refractivity contribution is -0.115. The molecule has 4 nitrogen and oxygen atoms in total. The quantitative estimate of drug-likeness (QED) is 0.567. The monoisotopic (exact) mass is 439 g/mol. The summed E-state index contributed by atoms with van der Waals surface area (Å²) in [4.78, 5) is 14.1. The van der Waals surface area contributed by atoms with Crippen molar-refractivity contribution in [1.29, 1.82) is 0 Å². The highest BCUT2D eigenvalue weighted by atomic mass is 32.1. The Bertz CT molecular complexity index is 844. The van der Waals surface area contributed by atoms with Crippen LogP contribution < -0.4 is 0 Å². The number of thiol groups is 1. The SMILES string of the molecule is CC(C)c1cnn(CC2CCN(Cc3ccc([C@H]4CC[C@@H](C(=O)S)CC4)cc3)CC2)c1. The summed E-state index contributed by atoms with van der Waals surface area (Å²) in [5.74, 6) is 2.06. The summed E-state index contributed by atoms with van der Waals surface area (Å²) in [5.41, 5.74) is 4.19. The Morgan fingerprint density at radius 2 is 1.74 bits per heavy atom. The van der Waals surface area contributed by atoms with E-state index >= 15 is 0 Å². The summed E-state index contributed by atoms with van der Waals surface area (Å²) in [6.07, 6.45) is 10.9. The Kier molecular flexibility index (Phi) is 7.55. The fraction of sp³-hybridized carbons (Fsp3) is 0.615. The van der Waals surface area contributed by atoms with Gasteiger partial charge in [0.2, 0.25) is 0 Å². The molecule has 0 radical (unpaired) electrons. The van der Waals surface area contributed by atoms with Crippen molar-refractivity contribution in [3.05, 3.63) is 53.3 Å². The summed E-state index contributed by atoms with van der Waals surface area (Å²) in [6.45, 7) is 8.90. The third-order valence-electron chi connectivity index (χ3n) is 7.41. The van der Waals surface area contributed by atoms with Gasteiger partial charge in [0, 0.05) is 25.2 Å². The fourth-order valence-electron chi connectivity index (χ4n) is 5.20. The van der Waals surface area contributed by atoms with Gasteiger partial charge in [-0.3, -0.25) is 14.4 Å². The van der Waals surface area contributed by atoms with Gasteiger partial charge in [-0.15, -0.1) is 12.6 Å². The molecule has 1 aromatic heterocycles. The molecule has 0 N–H and O–H groups in total. The summed E-state index contributed by atoms with van der Waals surface area (Å²) >= 11 is 4.02. The molecule has 0 bridgehead atoms. The first-order valence-corrected chi connectivity index (χ1v) is 12.5. The zero-order valence-electron chi connectivity index (χ0n) is 19.0. The van der Waals surface area contributed by atoms with Crippen LogP contribution in [0.5, 0.6) is 0 Å². The summed E-state index contributed by atoms with van der Waals surface area (Å²) in [5, 5.41) is 4.63. The van der Waals surface area contributed by atoms with E-state index in [0.717, 1.165) is 44.7 Å². The van der Waals surface area contributed by atoms with Crippen molar-refractivity contribution in [2.45, 2.75) is 77.3 Å². The van der Waals surface area contributed by atoms with E-state index in [4.69, 9.17) is 0 Å². The second-order valence-electron chi connectivity index (χ2n) is 10.00. The van der Waals surface area contributed by atoms with Gasteiger partial charge >= 0.3 is 0 Å². The second-order valence-corrected chi connectivity index (χ2v) is 10.4. The predicted octanol–water partition coefficient (Wildman–Crippen LogP) is 5.65. The standard InChI is InChI=1S/C26H37N3OS/c1-19(2)25-15-27-29(18-25)17-21-11-13-28(14-12-21)16-20-3-5-22(6-4-20)23-7-9-24(10-8-23)26(30)31/h3-6,15,18-19,21,23-24H,7-14,16-17H2,1-2H3,(H,30,31)/t23-,24+. The fourth-order valence-corrected chi connectivity index (χ4v) is 5.45. The number of carbonyl (C=O) groups is 1. The highest BCUT2D eigenvalue weighted by Gasteiger charge is 2.25. The van der Waals surface area contributed by atoms with Crippen molar-refractivity contribution < 1.29 is 4.79 Å².